The first kappa shape index (κ1) is 62.3. The van der Waals surface area contributed by atoms with Crippen LogP contribution in [0.1, 0.15) is 211 Å². The van der Waals surface area contributed by atoms with Gasteiger partial charge in [0, 0.05) is 61.2 Å². The topological polar surface area (TPSA) is 192 Å². The van der Waals surface area contributed by atoms with Gasteiger partial charge in [-0.05, 0) is 145 Å². The van der Waals surface area contributed by atoms with Crippen LogP contribution in [0.5, 0.6) is 0 Å². The van der Waals surface area contributed by atoms with Gasteiger partial charge in [-0.15, -0.1) is 0 Å². The summed E-state index contributed by atoms with van der Waals surface area (Å²) < 4.78 is 13.9. The monoisotopic (exact) mass is 1170 g/mol. The number of carbonyl (C=O) groups excluding carboxylic acids is 2. The Bertz CT molecular complexity index is 3050. The summed E-state index contributed by atoms with van der Waals surface area (Å²) in [5.74, 6) is 2.89. The number of ether oxygens (including phenoxy) is 2. The largest absolute Gasteiger partial charge is 0.469 e. The second kappa shape index (κ2) is 29.7. The highest BCUT2D eigenvalue weighted by atomic mass is 16.6. The van der Waals surface area contributed by atoms with Gasteiger partial charge in [-0.1, -0.05) is 112 Å². The van der Waals surface area contributed by atoms with Gasteiger partial charge in [0.1, 0.15) is 24.6 Å². The van der Waals surface area contributed by atoms with E-state index in [2.05, 4.69) is 26.7 Å². The SMILES string of the molecule is C=CCON=C(CCC(=O)OCC)c1nc2ccccc2n(C2C[C@H]3CCC[C@@H](C2)N3C2CC3CCCC(C3)C2)c1=O.CC.COC(=O)CCC(=NOCCO)c1nc2ccccc2n(C2C[C@H]3CCC[C@@H](C2)N3C2CC3CCCC(C3)C2)c1=O. The first-order valence-electron chi connectivity index (χ1n) is 33.0. The lowest BCUT2D eigenvalue weighted by molar-refractivity contribution is -0.143. The van der Waals surface area contributed by atoms with E-state index in [4.69, 9.17) is 29.1 Å². The van der Waals surface area contributed by atoms with Crippen LogP contribution in [-0.4, -0.2) is 127 Å². The van der Waals surface area contributed by atoms with Crippen LogP contribution >= 0.6 is 0 Å². The van der Waals surface area contributed by atoms with E-state index in [0.29, 0.717) is 54.3 Å². The Hall–Kier alpha value is -5.78. The molecule has 17 nitrogen and oxygen atoms in total. The van der Waals surface area contributed by atoms with E-state index in [1.807, 2.05) is 71.5 Å². The number of piperidine rings is 4. The third-order valence-corrected chi connectivity index (χ3v) is 20.3. The van der Waals surface area contributed by atoms with Gasteiger partial charge in [-0.3, -0.25) is 29.0 Å². The summed E-state index contributed by atoms with van der Waals surface area (Å²) in [5.41, 5.74) is 4.00. The van der Waals surface area contributed by atoms with E-state index in [1.54, 1.807) is 13.0 Å². The molecule has 4 aliphatic carbocycles. The molecule has 1 N–H and O–H groups in total. The van der Waals surface area contributed by atoms with Crippen molar-refractivity contribution in [3.05, 3.63) is 93.3 Å². The molecule has 8 aliphatic rings. The summed E-state index contributed by atoms with van der Waals surface area (Å²) in [6, 6.07) is 19.3. The zero-order valence-electron chi connectivity index (χ0n) is 51.3. The number of aliphatic hydroxyl groups excluding tert-OH is 1. The number of hydrogen-bond acceptors (Lipinski definition) is 15. The number of aliphatic hydroxyl groups is 1. The van der Waals surface area contributed by atoms with Crippen molar-refractivity contribution in [2.75, 3.05) is 33.5 Å². The molecular weight excluding hydrogens is 1070 g/mol. The molecule has 4 aliphatic heterocycles. The van der Waals surface area contributed by atoms with E-state index in [-0.39, 0.29) is 86.1 Å². The van der Waals surface area contributed by atoms with Crippen molar-refractivity contribution >= 4 is 45.4 Å². The fourth-order valence-electron chi connectivity index (χ4n) is 17.2. The lowest BCUT2D eigenvalue weighted by Crippen LogP contribution is -2.58. The van der Waals surface area contributed by atoms with Crippen molar-refractivity contribution in [3.63, 3.8) is 0 Å². The third kappa shape index (κ3) is 14.5. The molecule has 4 saturated heterocycles. The van der Waals surface area contributed by atoms with Crippen LogP contribution in [0.15, 0.2) is 81.1 Å². The molecule has 17 heteroatoms. The number of para-hydroxylation sites is 4. The van der Waals surface area contributed by atoms with Gasteiger partial charge in [0.2, 0.25) is 0 Å². The number of benzene rings is 2. The second-order valence-corrected chi connectivity index (χ2v) is 25.5. The van der Waals surface area contributed by atoms with Crippen molar-refractivity contribution in [1.82, 2.24) is 28.9 Å². The molecule has 0 amide bonds. The van der Waals surface area contributed by atoms with Gasteiger partial charge in [0.05, 0.1) is 55.2 Å². The predicted octanol–water partition coefficient (Wildman–Crippen LogP) is 11.8. The number of oxime groups is 2. The first-order chi connectivity index (χ1) is 41.6. The molecule has 6 heterocycles. The van der Waals surface area contributed by atoms with E-state index in [1.165, 1.54) is 123 Å². The van der Waals surface area contributed by atoms with Gasteiger partial charge in [-0.2, -0.15) is 0 Å². The quantitative estimate of drug-likeness (QED) is 0.0307. The van der Waals surface area contributed by atoms with E-state index in [9.17, 15) is 24.3 Å². The molecule has 2 aromatic carbocycles. The van der Waals surface area contributed by atoms with Crippen molar-refractivity contribution in [2.24, 2.45) is 34.0 Å². The minimum Gasteiger partial charge on any atom is -0.469 e. The maximum atomic E-state index is 14.4. The molecule has 0 spiro atoms. The zero-order valence-corrected chi connectivity index (χ0v) is 51.3. The van der Waals surface area contributed by atoms with Gasteiger partial charge in [-0.25, -0.2) is 9.97 Å². The second-order valence-electron chi connectivity index (χ2n) is 25.5. The van der Waals surface area contributed by atoms with Crippen LogP contribution in [0, 0.1) is 23.7 Å². The fraction of sp³-hybridized carbons (Fsp3) is 0.676. The van der Waals surface area contributed by atoms with Crippen molar-refractivity contribution < 1.29 is 33.8 Å². The van der Waals surface area contributed by atoms with Crippen molar-refractivity contribution in [2.45, 2.75) is 236 Å². The minimum atomic E-state index is -0.395. The number of carbonyl (C=O) groups is 2. The third-order valence-electron chi connectivity index (χ3n) is 20.3. The van der Waals surface area contributed by atoms with Crippen LogP contribution in [0.25, 0.3) is 22.1 Å². The van der Waals surface area contributed by atoms with E-state index in [0.717, 1.165) is 71.4 Å². The average Bonchev–Trinajstić information content (AvgIpc) is 1.94. The minimum absolute atomic E-state index is 0.00576. The van der Waals surface area contributed by atoms with Crippen molar-refractivity contribution in [1.29, 1.82) is 0 Å². The number of aromatic nitrogens is 4. The van der Waals surface area contributed by atoms with Crippen LogP contribution in [0.4, 0.5) is 0 Å². The van der Waals surface area contributed by atoms with Crippen LogP contribution in [0.2, 0.25) is 0 Å². The highest BCUT2D eigenvalue weighted by Crippen LogP contribution is 2.49. The molecular formula is C68H96N8O9. The summed E-state index contributed by atoms with van der Waals surface area (Å²) >= 11 is 0. The van der Waals surface area contributed by atoms with Crippen LogP contribution in [-0.2, 0) is 28.7 Å². The Morgan fingerprint density at radius 2 is 0.976 bits per heavy atom. The highest BCUT2D eigenvalue weighted by Gasteiger charge is 2.47. The van der Waals surface area contributed by atoms with Crippen LogP contribution < -0.4 is 11.1 Å². The molecule has 6 unspecified atom stereocenters. The summed E-state index contributed by atoms with van der Waals surface area (Å²) in [7, 11) is 1.34. The van der Waals surface area contributed by atoms with E-state index >= 15 is 0 Å². The summed E-state index contributed by atoms with van der Waals surface area (Å²) in [6.07, 6.45) is 30.2. The Morgan fingerprint density at radius 1 is 0.565 bits per heavy atom. The lowest BCUT2D eigenvalue weighted by Gasteiger charge is -2.55. The van der Waals surface area contributed by atoms with E-state index < -0.39 is 5.97 Å². The molecule has 10 atom stereocenters. The Kier molecular flexibility index (Phi) is 21.8. The smallest absolute Gasteiger partial charge is 0.306 e. The van der Waals surface area contributed by atoms with Gasteiger partial charge >= 0.3 is 11.9 Å². The number of esters is 2. The summed E-state index contributed by atoms with van der Waals surface area (Å²) in [5, 5.41) is 17.7. The number of methoxy groups -OCH3 is 1. The standard InChI is InChI=1S/C34H46N4O4.C32H44N4O5.C2H6/c1-3-17-42-36-30(15-16-32(39)41-4-2)33-34(40)38(31-14-6-5-13-29(31)35-33)28-21-25-11-8-12-26(22-28)37(25)27-19-23-9-7-10-24(18-23)20-27;1-40-30(38)13-12-28(34-41-15-14-37)31-32(39)36(29-11-3-2-10-27(29)33-31)26-19-23-8-5-9-24(20-26)35(23)25-17-21-6-4-7-22(16-21)18-25;1-2/h3,5-6,13-14,23-28H,1,4,7-12,15-22H2,2H3;2-3,10-11,21-26,37H,4-9,12-20H2,1H3;1-2H3/t23?,24?,25-,26+,27?,28?;21?,22?,23-,24+,25?,26?;. The molecule has 4 saturated carbocycles. The zero-order chi connectivity index (χ0) is 59.4. The highest BCUT2D eigenvalue weighted by molar-refractivity contribution is 6.01. The number of nitrogens with zero attached hydrogens (tertiary/aromatic N) is 8. The van der Waals surface area contributed by atoms with Gasteiger partial charge in [0.15, 0.2) is 11.4 Å². The number of rotatable bonds is 19. The first-order valence-corrected chi connectivity index (χ1v) is 33.0. The Labute approximate surface area is 503 Å². The average molecular weight is 1170 g/mol. The Balaban J connectivity index is 0.000000184. The van der Waals surface area contributed by atoms with Gasteiger partial charge in [0.25, 0.3) is 11.1 Å². The molecule has 8 fully saturated rings. The number of fused-ring (bicyclic) bond motifs is 10. The summed E-state index contributed by atoms with van der Waals surface area (Å²) in [4.78, 5) is 78.9. The molecule has 8 bridgehead atoms. The molecule has 85 heavy (non-hydrogen) atoms. The van der Waals surface area contributed by atoms with Gasteiger partial charge < -0.3 is 33.4 Å². The predicted molar refractivity (Wildman–Crippen MR) is 333 cm³/mol. The fourth-order valence-corrected chi connectivity index (χ4v) is 17.2. The lowest BCUT2D eigenvalue weighted by atomic mass is 9.68. The summed E-state index contributed by atoms with van der Waals surface area (Å²) in [6.45, 7) is 9.78. The molecule has 2 aromatic heterocycles. The maximum absolute atomic E-state index is 14.4. The van der Waals surface area contributed by atoms with Crippen LogP contribution in [0.3, 0.4) is 0 Å². The molecule has 12 rings (SSSR count). The molecule has 0 radical (unpaired) electrons. The Morgan fingerprint density at radius 3 is 1.39 bits per heavy atom. The van der Waals surface area contributed by atoms with Crippen molar-refractivity contribution in [3.8, 4) is 0 Å². The number of hydrogen-bond donors (Lipinski definition) is 1. The normalized spacial score (nSPS) is 29.3. The maximum Gasteiger partial charge on any atom is 0.306 e. The molecule has 4 aromatic rings. The molecule has 462 valence electrons.